The molecule has 0 atom stereocenters. The van der Waals surface area contributed by atoms with Gasteiger partial charge in [0, 0.05) is 5.75 Å². The van der Waals surface area contributed by atoms with Crippen molar-refractivity contribution in [3.8, 4) is 11.5 Å². The van der Waals surface area contributed by atoms with E-state index >= 15 is 0 Å². The maximum absolute atomic E-state index is 13.3. The molecule has 0 unspecified atom stereocenters. The first kappa shape index (κ1) is 20.9. The molecule has 0 aliphatic heterocycles. The quantitative estimate of drug-likeness (QED) is 0.305. The summed E-state index contributed by atoms with van der Waals surface area (Å²) in [5.41, 5.74) is 2.38. The van der Waals surface area contributed by atoms with E-state index in [4.69, 9.17) is 14.5 Å². The molecule has 3 aromatic carbocycles. The first-order valence-electron chi connectivity index (χ1n) is 9.67. The minimum atomic E-state index is -0.275. The van der Waals surface area contributed by atoms with Gasteiger partial charge in [-0.25, -0.2) is 9.37 Å². The van der Waals surface area contributed by atoms with Gasteiger partial charge < -0.3 is 9.47 Å². The third-order valence-electron chi connectivity index (χ3n) is 4.90. The average molecular weight is 437 g/mol. The molecule has 31 heavy (non-hydrogen) atoms. The van der Waals surface area contributed by atoms with Crippen molar-refractivity contribution in [1.29, 1.82) is 0 Å². The van der Waals surface area contributed by atoms with E-state index in [0.717, 1.165) is 11.1 Å². The maximum atomic E-state index is 13.3. The Labute approximate surface area is 183 Å². The zero-order valence-corrected chi connectivity index (χ0v) is 18.0. The fourth-order valence-corrected chi connectivity index (χ4v) is 4.24. The molecule has 1 heterocycles. The highest BCUT2D eigenvalue weighted by Crippen LogP contribution is 2.29. The molecule has 4 aromatic rings. The van der Waals surface area contributed by atoms with Crippen LogP contribution in [0.4, 0.5) is 4.39 Å². The van der Waals surface area contributed by atoms with E-state index in [1.165, 1.54) is 23.9 Å². The summed E-state index contributed by atoms with van der Waals surface area (Å²) in [7, 11) is 3.16. The molecule has 0 radical (unpaired) electrons. The van der Waals surface area contributed by atoms with Gasteiger partial charge in [-0.3, -0.25) is 9.36 Å². The molecule has 4 rings (SSSR count). The number of nitrogens with zero attached hydrogens (tertiary/aromatic N) is 2. The van der Waals surface area contributed by atoms with Crippen LogP contribution >= 0.6 is 11.8 Å². The molecular formula is C24H21FN2O3S. The van der Waals surface area contributed by atoms with Gasteiger partial charge in [0.2, 0.25) is 0 Å². The zero-order valence-electron chi connectivity index (χ0n) is 17.2. The van der Waals surface area contributed by atoms with Crippen LogP contribution in [0.3, 0.4) is 0 Å². The lowest BCUT2D eigenvalue weighted by atomic mass is 10.2. The minimum Gasteiger partial charge on any atom is -0.493 e. The summed E-state index contributed by atoms with van der Waals surface area (Å²) in [5.74, 6) is 1.52. The lowest BCUT2D eigenvalue weighted by molar-refractivity contribution is 0.354. The highest BCUT2D eigenvalue weighted by atomic mass is 32.2. The second-order valence-electron chi connectivity index (χ2n) is 6.91. The first-order valence-corrected chi connectivity index (χ1v) is 10.7. The van der Waals surface area contributed by atoms with Crippen LogP contribution in [-0.4, -0.2) is 23.8 Å². The number of thioether (sulfide) groups is 1. The summed E-state index contributed by atoms with van der Waals surface area (Å²) in [6.45, 7) is 0.336. The van der Waals surface area contributed by atoms with Crippen molar-refractivity contribution >= 4 is 22.7 Å². The number of benzene rings is 3. The summed E-state index contributed by atoms with van der Waals surface area (Å²) in [6.07, 6.45) is 0. The Morgan fingerprint density at radius 2 is 1.65 bits per heavy atom. The lowest BCUT2D eigenvalue weighted by Gasteiger charge is -2.15. The van der Waals surface area contributed by atoms with Crippen molar-refractivity contribution in [2.24, 2.45) is 0 Å². The number of hydrogen-bond acceptors (Lipinski definition) is 5. The fraction of sp³-hybridized carbons (Fsp3) is 0.167. The molecule has 0 aliphatic rings. The molecule has 0 amide bonds. The minimum absolute atomic E-state index is 0.109. The van der Waals surface area contributed by atoms with E-state index < -0.39 is 0 Å². The second-order valence-corrected chi connectivity index (χ2v) is 7.85. The largest absolute Gasteiger partial charge is 0.493 e. The van der Waals surface area contributed by atoms with Crippen LogP contribution in [0.2, 0.25) is 0 Å². The number of ether oxygens (including phenoxy) is 2. The summed E-state index contributed by atoms with van der Waals surface area (Å²) < 4.78 is 25.6. The number of para-hydroxylation sites is 1. The SMILES string of the molecule is COc1ccc(Cn2c(SCc3ccc(F)cc3)nc3ccccc3c2=O)cc1OC. The molecule has 0 N–H and O–H groups in total. The number of fused-ring (bicyclic) bond motifs is 1. The Balaban J connectivity index is 1.73. The number of halogens is 1. The van der Waals surface area contributed by atoms with Crippen molar-refractivity contribution in [2.45, 2.75) is 17.5 Å². The third-order valence-corrected chi connectivity index (χ3v) is 5.94. The Hall–Kier alpha value is -3.32. The van der Waals surface area contributed by atoms with E-state index in [0.29, 0.717) is 39.9 Å². The zero-order chi connectivity index (χ0) is 21.8. The number of methoxy groups -OCH3 is 2. The Bertz CT molecular complexity index is 1270. The van der Waals surface area contributed by atoms with Gasteiger partial charge >= 0.3 is 0 Å². The van der Waals surface area contributed by atoms with Gasteiger partial charge in [0.25, 0.3) is 5.56 Å². The van der Waals surface area contributed by atoms with Crippen molar-refractivity contribution in [1.82, 2.24) is 9.55 Å². The fourth-order valence-electron chi connectivity index (χ4n) is 3.29. The van der Waals surface area contributed by atoms with E-state index in [-0.39, 0.29) is 11.4 Å². The highest BCUT2D eigenvalue weighted by molar-refractivity contribution is 7.98. The third kappa shape index (κ3) is 4.56. The van der Waals surface area contributed by atoms with Crippen LogP contribution in [-0.2, 0) is 12.3 Å². The van der Waals surface area contributed by atoms with Crippen LogP contribution < -0.4 is 15.0 Å². The molecule has 1 aromatic heterocycles. The molecule has 0 fully saturated rings. The monoisotopic (exact) mass is 436 g/mol. The second kappa shape index (κ2) is 9.22. The van der Waals surface area contributed by atoms with Crippen LogP contribution in [0.1, 0.15) is 11.1 Å². The first-order chi connectivity index (χ1) is 15.1. The topological polar surface area (TPSA) is 53.4 Å². The molecule has 158 valence electrons. The van der Waals surface area contributed by atoms with E-state index in [1.807, 2.05) is 36.4 Å². The van der Waals surface area contributed by atoms with Crippen molar-refractivity contribution in [3.63, 3.8) is 0 Å². The van der Waals surface area contributed by atoms with E-state index in [9.17, 15) is 9.18 Å². The molecule has 0 bridgehead atoms. The predicted molar refractivity (Wildman–Crippen MR) is 121 cm³/mol. The van der Waals surface area contributed by atoms with Crippen LogP contribution in [0.25, 0.3) is 10.9 Å². The summed E-state index contributed by atoms with van der Waals surface area (Å²) >= 11 is 1.45. The number of aromatic nitrogens is 2. The van der Waals surface area contributed by atoms with Crippen molar-refractivity contribution in [3.05, 3.63) is 94.0 Å². The smallest absolute Gasteiger partial charge is 0.262 e. The summed E-state index contributed by atoms with van der Waals surface area (Å²) in [4.78, 5) is 18.0. The van der Waals surface area contributed by atoms with Crippen molar-refractivity contribution < 1.29 is 13.9 Å². The molecular weight excluding hydrogens is 415 g/mol. The van der Waals surface area contributed by atoms with E-state index in [2.05, 4.69) is 0 Å². The molecule has 0 saturated heterocycles. The average Bonchev–Trinajstić information content (AvgIpc) is 2.80. The Morgan fingerprint density at radius 1 is 0.935 bits per heavy atom. The maximum Gasteiger partial charge on any atom is 0.262 e. The van der Waals surface area contributed by atoms with Crippen LogP contribution in [0, 0.1) is 5.82 Å². The van der Waals surface area contributed by atoms with Gasteiger partial charge in [0.1, 0.15) is 5.82 Å². The van der Waals surface area contributed by atoms with Gasteiger partial charge in [0.15, 0.2) is 16.7 Å². The Morgan fingerprint density at radius 3 is 2.39 bits per heavy atom. The van der Waals surface area contributed by atoms with E-state index in [1.54, 1.807) is 37.0 Å². The number of hydrogen-bond donors (Lipinski definition) is 0. The highest BCUT2D eigenvalue weighted by Gasteiger charge is 2.14. The molecule has 0 saturated carbocycles. The summed E-state index contributed by atoms with van der Waals surface area (Å²) in [6, 6.07) is 19.2. The van der Waals surface area contributed by atoms with Gasteiger partial charge in [0.05, 0.1) is 31.7 Å². The predicted octanol–water partition coefficient (Wildman–Crippen LogP) is 4.89. The Kier molecular flexibility index (Phi) is 6.23. The molecule has 7 heteroatoms. The van der Waals surface area contributed by atoms with Gasteiger partial charge in [-0.05, 0) is 47.5 Å². The van der Waals surface area contributed by atoms with Gasteiger partial charge in [-0.1, -0.05) is 42.1 Å². The van der Waals surface area contributed by atoms with Crippen LogP contribution in [0.5, 0.6) is 11.5 Å². The molecule has 0 spiro atoms. The number of rotatable bonds is 7. The van der Waals surface area contributed by atoms with Crippen LogP contribution in [0.15, 0.2) is 76.7 Å². The standard InChI is InChI=1S/C24H21FN2O3S/c1-29-21-12-9-17(13-22(21)30-2)14-27-23(28)19-5-3-4-6-20(19)26-24(27)31-15-16-7-10-18(25)11-8-16/h3-13H,14-15H2,1-2H3. The van der Waals surface area contributed by atoms with Gasteiger partial charge in [-0.2, -0.15) is 0 Å². The van der Waals surface area contributed by atoms with Gasteiger partial charge in [-0.15, -0.1) is 0 Å². The normalized spacial score (nSPS) is 10.9. The lowest BCUT2D eigenvalue weighted by Crippen LogP contribution is -2.24. The summed E-state index contributed by atoms with van der Waals surface area (Å²) in [5, 5.41) is 1.16. The molecule has 0 aliphatic carbocycles. The van der Waals surface area contributed by atoms with Crippen molar-refractivity contribution in [2.75, 3.05) is 14.2 Å². The molecule has 5 nitrogen and oxygen atoms in total.